The van der Waals surface area contributed by atoms with Crippen LogP contribution in [0.1, 0.15) is 6.92 Å². The molecule has 162 valence electrons. The van der Waals surface area contributed by atoms with E-state index in [1.54, 1.807) is 30.3 Å². The average molecular weight is 497 g/mol. The molecule has 1 N–H and O–H groups in total. The number of halogens is 1. The number of hydrogen-bond donors (Lipinski definition) is 1. The molecular formula is C19H17ClN4O4S3. The van der Waals surface area contributed by atoms with Crippen molar-refractivity contribution in [1.29, 1.82) is 0 Å². The van der Waals surface area contributed by atoms with Crippen molar-refractivity contribution in [2.45, 2.75) is 22.3 Å². The number of nitrogens with zero attached hydrogens (tertiary/aromatic N) is 3. The van der Waals surface area contributed by atoms with Crippen molar-refractivity contribution in [1.82, 2.24) is 10.2 Å². The predicted molar refractivity (Wildman–Crippen MR) is 122 cm³/mol. The number of ether oxygens (including phenoxy) is 1. The highest BCUT2D eigenvalue weighted by Gasteiger charge is 2.38. The summed E-state index contributed by atoms with van der Waals surface area (Å²) >= 11 is 8.86. The lowest BCUT2D eigenvalue weighted by Crippen LogP contribution is -2.48. The first kappa shape index (κ1) is 21.9. The predicted octanol–water partition coefficient (Wildman–Crippen LogP) is 3.90. The number of benzene rings is 2. The van der Waals surface area contributed by atoms with E-state index in [0.29, 0.717) is 10.2 Å². The van der Waals surface area contributed by atoms with Crippen molar-refractivity contribution in [3.05, 3.63) is 53.6 Å². The Hall–Kier alpha value is -2.34. The van der Waals surface area contributed by atoms with Gasteiger partial charge in [-0.05, 0) is 36.1 Å². The second kappa shape index (κ2) is 9.03. The van der Waals surface area contributed by atoms with Crippen LogP contribution in [0.25, 0.3) is 0 Å². The Kier molecular flexibility index (Phi) is 6.37. The number of amides is 1. The maximum Gasteiger partial charge on any atom is 0.269 e. The van der Waals surface area contributed by atoms with Gasteiger partial charge in [-0.15, -0.1) is 10.2 Å². The molecule has 0 radical (unpaired) electrons. The van der Waals surface area contributed by atoms with Gasteiger partial charge in [0.2, 0.25) is 5.13 Å². The molecule has 12 heteroatoms. The summed E-state index contributed by atoms with van der Waals surface area (Å²) in [6, 6.07) is 12.6. The highest BCUT2D eigenvalue weighted by molar-refractivity contribution is 8.01. The Morgan fingerprint density at radius 3 is 2.81 bits per heavy atom. The SMILES string of the molecule is CCSc1nnc(NC(=O)[C@@H]2CN(S(=O)(=O)c3ccccc3)c3cc(Cl)ccc3O2)s1. The fourth-order valence-corrected chi connectivity index (χ4v) is 6.24. The molecule has 0 fully saturated rings. The van der Waals surface area contributed by atoms with Gasteiger partial charge in [-0.3, -0.25) is 14.4 Å². The Labute approximate surface area is 192 Å². The summed E-state index contributed by atoms with van der Waals surface area (Å²) in [5, 5.41) is 11.3. The van der Waals surface area contributed by atoms with Crippen LogP contribution < -0.4 is 14.4 Å². The molecule has 8 nitrogen and oxygen atoms in total. The minimum Gasteiger partial charge on any atom is -0.476 e. The zero-order valence-electron chi connectivity index (χ0n) is 16.2. The first-order chi connectivity index (χ1) is 14.9. The summed E-state index contributed by atoms with van der Waals surface area (Å²) in [7, 11) is -3.95. The number of fused-ring (bicyclic) bond motifs is 1. The van der Waals surface area contributed by atoms with Crippen LogP contribution >= 0.6 is 34.7 Å². The number of sulfonamides is 1. The smallest absolute Gasteiger partial charge is 0.269 e. The Morgan fingerprint density at radius 2 is 2.06 bits per heavy atom. The number of aromatic nitrogens is 2. The van der Waals surface area contributed by atoms with Gasteiger partial charge in [0.05, 0.1) is 17.1 Å². The third kappa shape index (κ3) is 4.64. The maximum absolute atomic E-state index is 13.3. The number of carbonyl (C=O) groups excluding carboxylic acids is 1. The lowest BCUT2D eigenvalue weighted by Gasteiger charge is -2.34. The summed E-state index contributed by atoms with van der Waals surface area (Å²) in [6.45, 7) is 1.78. The molecule has 1 aromatic heterocycles. The quantitative estimate of drug-likeness (QED) is 0.408. The van der Waals surface area contributed by atoms with Crippen LogP contribution in [0.3, 0.4) is 0 Å². The molecule has 4 rings (SSSR count). The van der Waals surface area contributed by atoms with Crippen molar-refractivity contribution < 1.29 is 17.9 Å². The second-order valence-corrected chi connectivity index (χ2v) is 11.2. The second-order valence-electron chi connectivity index (χ2n) is 6.36. The minimum atomic E-state index is -3.95. The molecule has 2 aromatic carbocycles. The first-order valence-electron chi connectivity index (χ1n) is 9.19. The maximum atomic E-state index is 13.3. The van der Waals surface area contributed by atoms with Gasteiger partial charge >= 0.3 is 0 Å². The minimum absolute atomic E-state index is 0.104. The van der Waals surface area contributed by atoms with Crippen LogP contribution in [0.5, 0.6) is 5.75 Å². The fourth-order valence-electron chi connectivity index (χ4n) is 2.94. The molecule has 0 unspecified atom stereocenters. The van der Waals surface area contributed by atoms with Gasteiger partial charge in [0.25, 0.3) is 15.9 Å². The summed E-state index contributed by atoms with van der Waals surface area (Å²) in [5.41, 5.74) is 0.276. The molecule has 1 amide bonds. The average Bonchev–Trinajstić information content (AvgIpc) is 3.20. The summed E-state index contributed by atoms with van der Waals surface area (Å²) in [5.74, 6) is 0.563. The van der Waals surface area contributed by atoms with E-state index in [2.05, 4.69) is 15.5 Å². The van der Waals surface area contributed by atoms with Gasteiger partial charge in [-0.1, -0.05) is 59.8 Å². The van der Waals surface area contributed by atoms with E-state index in [1.165, 1.54) is 41.3 Å². The lowest BCUT2D eigenvalue weighted by atomic mass is 10.2. The van der Waals surface area contributed by atoms with E-state index in [-0.39, 0.29) is 22.9 Å². The Balaban J connectivity index is 1.64. The van der Waals surface area contributed by atoms with Crippen molar-refractivity contribution in [3.63, 3.8) is 0 Å². The van der Waals surface area contributed by atoms with Gasteiger partial charge < -0.3 is 4.74 Å². The lowest BCUT2D eigenvalue weighted by molar-refractivity contribution is -0.122. The summed E-state index contributed by atoms with van der Waals surface area (Å²) in [6.07, 6.45) is -1.08. The molecular weight excluding hydrogens is 480 g/mol. The highest BCUT2D eigenvalue weighted by Crippen LogP contribution is 2.39. The van der Waals surface area contributed by atoms with Crippen LogP contribution in [0, 0.1) is 0 Å². The molecule has 31 heavy (non-hydrogen) atoms. The number of anilines is 2. The number of thioether (sulfide) groups is 1. The molecule has 0 spiro atoms. The van der Waals surface area contributed by atoms with Gasteiger partial charge in [0.15, 0.2) is 10.4 Å². The van der Waals surface area contributed by atoms with Crippen LogP contribution in [-0.4, -0.2) is 42.9 Å². The molecule has 0 aliphatic carbocycles. The molecule has 2 heterocycles. The number of hydrogen-bond acceptors (Lipinski definition) is 8. The van der Waals surface area contributed by atoms with Crippen molar-refractivity contribution in [2.24, 2.45) is 0 Å². The fraction of sp³-hybridized carbons (Fsp3) is 0.211. The van der Waals surface area contributed by atoms with Crippen LogP contribution in [0.15, 0.2) is 57.8 Å². The zero-order chi connectivity index (χ0) is 22.0. The van der Waals surface area contributed by atoms with Crippen molar-refractivity contribution >= 4 is 61.4 Å². The molecule has 0 saturated carbocycles. The normalized spacial score (nSPS) is 15.8. The van der Waals surface area contributed by atoms with Crippen molar-refractivity contribution in [2.75, 3.05) is 21.9 Å². The number of carbonyl (C=O) groups is 1. The first-order valence-corrected chi connectivity index (χ1v) is 12.8. The van der Waals surface area contributed by atoms with Gasteiger partial charge in [0.1, 0.15) is 5.75 Å². The van der Waals surface area contributed by atoms with Gasteiger partial charge in [0, 0.05) is 5.02 Å². The van der Waals surface area contributed by atoms with Crippen LogP contribution in [-0.2, 0) is 14.8 Å². The summed E-state index contributed by atoms with van der Waals surface area (Å²) < 4.78 is 34.4. The van der Waals surface area contributed by atoms with Crippen LogP contribution in [0.4, 0.5) is 10.8 Å². The highest BCUT2D eigenvalue weighted by atomic mass is 35.5. The van der Waals surface area contributed by atoms with E-state index in [0.717, 1.165) is 14.4 Å². The summed E-state index contributed by atoms with van der Waals surface area (Å²) in [4.78, 5) is 13.0. The number of rotatable bonds is 6. The van der Waals surface area contributed by atoms with Crippen molar-refractivity contribution in [3.8, 4) is 5.75 Å². The molecule has 1 atom stereocenters. The Bertz CT molecular complexity index is 1200. The third-order valence-electron chi connectivity index (χ3n) is 4.32. The Morgan fingerprint density at radius 1 is 1.29 bits per heavy atom. The molecule has 1 aliphatic heterocycles. The third-order valence-corrected chi connectivity index (χ3v) is 8.20. The van der Waals surface area contributed by atoms with E-state index >= 15 is 0 Å². The monoisotopic (exact) mass is 496 g/mol. The number of nitrogens with one attached hydrogen (secondary N) is 1. The molecule has 0 saturated heterocycles. The molecule has 1 aliphatic rings. The topological polar surface area (TPSA) is 101 Å². The standard InChI is InChI=1S/C19H17ClN4O4S3/c1-2-29-19-23-22-18(30-19)21-17(25)16-11-24(14-10-12(20)8-9-15(14)28-16)31(26,27)13-6-4-3-5-7-13/h3-10,16H,2,11H2,1H3,(H,21,22,25)/t16-/m0/s1. The van der Waals surface area contributed by atoms with Gasteiger partial charge in [-0.25, -0.2) is 8.42 Å². The van der Waals surface area contributed by atoms with E-state index in [1.807, 2.05) is 6.92 Å². The van der Waals surface area contributed by atoms with Crippen LogP contribution in [0.2, 0.25) is 5.02 Å². The van der Waals surface area contributed by atoms with Gasteiger partial charge in [-0.2, -0.15) is 0 Å². The van der Waals surface area contributed by atoms with E-state index < -0.39 is 22.0 Å². The molecule has 0 bridgehead atoms. The largest absolute Gasteiger partial charge is 0.476 e. The molecule has 3 aromatic rings. The van der Waals surface area contributed by atoms with E-state index in [4.69, 9.17) is 16.3 Å². The zero-order valence-corrected chi connectivity index (χ0v) is 19.4. The van der Waals surface area contributed by atoms with E-state index in [9.17, 15) is 13.2 Å².